The van der Waals surface area contributed by atoms with Crippen LogP contribution in [0.1, 0.15) is 20.8 Å². The van der Waals surface area contributed by atoms with E-state index in [0.29, 0.717) is 6.54 Å². The summed E-state index contributed by atoms with van der Waals surface area (Å²) in [7, 11) is 0. The van der Waals surface area contributed by atoms with Crippen molar-refractivity contribution in [2.45, 2.75) is 33.4 Å². The lowest BCUT2D eigenvalue weighted by Crippen LogP contribution is -2.30. The van der Waals surface area contributed by atoms with E-state index in [4.69, 9.17) is 0 Å². The number of aromatic nitrogens is 1. The van der Waals surface area contributed by atoms with E-state index in [1.165, 1.54) is 12.1 Å². The second-order valence-corrected chi connectivity index (χ2v) is 4.61. The van der Waals surface area contributed by atoms with Crippen LogP contribution in [0.25, 0.3) is 0 Å². The molecule has 0 aliphatic carbocycles. The molecule has 0 saturated heterocycles. The summed E-state index contributed by atoms with van der Waals surface area (Å²) in [5, 5.41) is 9.81. The van der Waals surface area contributed by atoms with Crippen LogP contribution in [-0.2, 0) is 6.54 Å². The standard InChI is InChI=1S/C11H17NO2/c1-11(2,3)10(14)8-12-6-4-9(13)5-7-12/h4-7,10,14H,8H2,1-3H3. The van der Waals surface area contributed by atoms with Crippen molar-refractivity contribution in [1.29, 1.82) is 0 Å². The van der Waals surface area contributed by atoms with Crippen molar-refractivity contribution in [2.24, 2.45) is 5.41 Å². The van der Waals surface area contributed by atoms with Gasteiger partial charge in [-0.1, -0.05) is 20.8 Å². The second kappa shape index (κ2) is 3.96. The Morgan fingerprint density at radius 2 is 1.86 bits per heavy atom. The first kappa shape index (κ1) is 11.0. The predicted octanol–water partition coefficient (Wildman–Crippen LogP) is 1.26. The van der Waals surface area contributed by atoms with Crippen LogP contribution < -0.4 is 5.43 Å². The minimum absolute atomic E-state index is 0.00787. The topological polar surface area (TPSA) is 42.2 Å². The molecular formula is C11H17NO2. The normalized spacial score (nSPS) is 14.0. The van der Waals surface area contributed by atoms with E-state index < -0.39 is 6.10 Å². The molecule has 1 N–H and O–H groups in total. The molecule has 0 aliphatic heterocycles. The highest BCUT2D eigenvalue weighted by Crippen LogP contribution is 2.19. The Morgan fingerprint density at radius 3 is 2.29 bits per heavy atom. The molecule has 0 bridgehead atoms. The number of rotatable bonds is 2. The van der Waals surface area contributed by atoms with Crippen molar-refractivity contribution in [2.75, 3.05) is 0 Å². The smallest absolute Gasteiger partial charge is 0.181 e. The Labute approximate surface area is 84.0 Å². The number of nitrogens with zero attached hydrogens (tertiary/aromatic N) is 1. The molecule has 0 radical (unpaired) electrons. The van der Waals surface area contributed by atoms with Crippen LogP contribution >= 0.6 is 0 Å². The van der Waals surface area contributed by atoms with Crippen molar-refractivity contribution >= 4 is 0 Å². The number of aliphatic hydroxyl groups excluding tert-OH is 1. The number of hydrogen-bond donors (Lipinski definition) is 1. The number of pyridine rings is 1. The van der Waals surface area contributed by atoms with Crippen molar-refractivity contribution in [3.05, 3.63) is 34.7 Å². The average Bonchev–Trinajstić information content (AvgIpc) is 2.07. The monoisotopic (exact) mass is 195 g/mol. The molecule has 0 fully saturated rings. The molecule has 0 saturated carbocycles. The summed E-state index contributed by atoms with van der Waals surface area (Å²) in [4.78, 5) is 10.8. The van der Waals surface area contributed by atoms with E-state index in [0.717, 1.165) is 0 Å². The zero-order valence-electron chi connectivity index (χ0n) is 8.90. The van der Waals surface area contributed by atoms with Crippen LogP contribution in [0, 0.1) is 5.41 Å². The summed E-state index contributed by atoms with van der Waals surface area (Å²) in [6.45, 7) is 6.48. The Kier molecular flexibility index (Phi) is 3.11. The van der Waals surface area contributed by atoms with E-state index in [1.807, 2.05) is 25.3 Å². The van der Waals surface area contributed by atoms with E-state index in [2.05, 4.69) is 0 Å². The molecule has 0 aliphatic rings. The van der Waals surface area contributed by atoms with Gasteiger partial charge in [0.05, 0.1) is 6.10 Å². The highest BCUT2D eigenvalue weighted by atomic mass is 16.3. The molecule has 1 unspecified atom stereocenters. The molecule has 0 aromatic carbocycles. The lowest BCUT2D eigenvalue weighted by molar-refractivity contribution is 0.0479. The van der Waals surface area contributed by atoms with Gasteiger partial charge in [-0.2, -0.15) is 0 Å². The molecule has 1 aromatic rings. The van der Waals surface area contributed by atoms with Crippen molar-refractivity contribution in [1.82, 2.24) is 4.57 Å². The first-order valence-corrected chi connectivity index (χ1v) is 4.74. The molecule has 3 heteroatoms. The number of aliphatic hydroxyl groups is 1. The van der Waals surface area contributed by atoms with Crippen molar-refractivity contribution in [3.63, 3.8) is 0 Å². The summed E-state index contributed by atoms with van der Waals surface area (Å²) < 4.78 is 1.82. The first-order chi connectivity index (χ1) is 6.39. The minimum atomic E-state index is -0.412. The molecular weight excluding hydrogens is 178 g/mol. The largest absolute Gasteiger partial charge is 0.391 e. The maximum absolute atomic E-state index is 10.8. The van der Waals surface area contributed by atoms with Gasteiger partial charge in [0, 0.05) is 31.1 Å². The van der Waals surface area contributed by atoms with Crippen LogP contribution in [0.4, 0.5) is 0 Å². The fourth-order valence-corrected chi connectivity index (χ4v) is 1.04. The zero-order chi connectivity index (χ0) is 10.8. The summed E-state index contributed by atoms with van der Waals surface area (Å²) in [5.74, 6) is 0. The van der Waals surface area contributed by atoms with Gasteiger partial charge in [-0.15, -0.1) is 0 Å². The van der Waals surface area contributed by atoms with Gasteiger partial charge in [0.15, 0.2) is 5.43 Å². The minimum Gasteiger partial charge on any atom is -0.391 e. The SMILES string of the molecule is CC(C)(C)C(O)Cn1ccc(=O)cc1. The van der Waals surface area contributed by atoms with Gasteiger partial charge in [0.1, 0.15) is 0 Å². The third kappa shape index (κ3) is 3.00. The van der Waals surface area contributed by atoms with E-state index in [-0.39, 0.29) is 10.8 Å². The fourth-order valence-electron chi connectivity index (χ4n) is 1.04. The van der Waals surface area contributed by atoms with Crippen molar-refractivity contribution in [3.8, 4) is 0 Å². The fraction of sp³-hybridized carbons (Fsp3) is 0.545. The highest BCUT2D eigenvalue weighted by molar-refractivity contribution is 4.94. The Hall–Kier alpha value is -1.09. The highest BCUT2D eigenvalue weighted by Gasteiger charge is 2.21. The maximum atomic E-state index is 10.8. The summed E-state index contributed by atoms with van der Waals surface area (Å²) in [6.07, 6.45) is 2.97. The summed E-state index contributed by atoms with van der Waals surface area (Å²) in [5.41, 5.74) is -0.144. The van der Waals surface area contributed by atoms with Crippen LogP contribution in [0.2, 0.25) is 0 Å². The van der Waals surface area contributed by atoms with Gasteiger partial charge in [0.2, 0.25) is 0 Å². The van der Waals surface area contributed by atoms with Gasteiger partial charge in [0.25, 0.3) is 0 Å². The lowest BCUT2D eigenvalue weighted by atomic mass is 9.89. The molecule has 1 aromatic heterocycles. The van der Waals surface area contributed by atoms with Gasteiger partial charge in [-0.3, -0.25) is 4.79 Å². The molecule has 14 heavy (non-hydrogen) atoms. The Morgan fingerprint density at radius 1 is 1.36 bits per heavy atom. The Bertz CT molecular complexity index is 329. The van der Waals surface area contributed by atoms with Crippen LogP contribution in [-0.4, -0.2) is 15.8 Å². The zero-order valence-corrected chi connectivity index (χ0v) is 8.90. The second-order valence-electron chi connectivity index (χ2n) is 4.61. The molecule has 78 valence electrons. The van der Waals surface area contributed by atoms with E-state index >= 15 is 0 Å². The Balaban J connectivity index is 2.70. The van der Waals surface area contributed by atoms with Crippen LogP contribution in [0.3, 0.4) is 0 Å². The average molecular weight is 195 g/mol. The first-order valence-electron chi connectivity index (χ1n) is 4.74. The van der Waals surface area contributed by atoms with Crippen LogP contribution in [0.15, 0.2) is 29.3 Å². The molecule has 3 nitrogen and oxygen atoms in total. The lowest BCUT2D eigenvalue weighted by Gasteiger charge is -2.26. The molecule has 1 heterocycles. The van der Waals surface area contributed by atoms with Crippen molar-refractivity contribution < 1.29 is 5.11 Å². The molecule has 0 amide bonds. The maximum Gasteiger partial charge on any atom is 0.181 e. The van der Waals surface area contributed by atoms with Gasteiger partial charge >= 0.3 is 0 Å². The summed E-state index contributed by atoms with van der Waals surface area (Å²) in [6, 6.07) is 2.99. The molecule has 0 spiro atoms. The van der Waals surface area contributed by atoms with E-state index in [9.17, 15) is 9.90 Å². The van der Waals surface area contributed by atoms with Gasteiger partial charge in [-0.25, -0.2) is 0 Å². The molecule has 1 rings (SSSR count). The van der Waals surface area contributed by atoms with E-state index in [1.54, 1.807) is 12.4 Å². The summed E-state index contributed by atoms with van der Waals surface area (Å²) >= 11 is 0. The third-order valence-corrected chi connectivity index (χ3v) is 2.24. The third-order valence-electron chi connectivity index (χ3n) is 2.24. The molecule has 1 atom stereocenters. The van der Waals surface area contributed by atoms with Gasteiger partial charge < -0.3 is 9.67 Å². The number of hydrogen-bond acceptors (Lipinski definition) is 2. The van der Waals surface area contributed by atoms with Gasteiger partial charge in [-0.05, 0) is 5.41 Å². The predicted molar refractivity (Wildman–Crippen MR) is 56.2 cm³/mol. The van der Waals surface area contributed by atoms with Crippen LogP contribution in [0.5, 0.6) is 0 Å². The quantitative estimate of drug-likeness (QED) is 0.771.